The summed E-state index contributed by atoms with van der Waals surface area (Å²) in [6, 6.07) is 1.29. The Bertz CT molecular complexity index is 785. The van der Waals surface area contributed by atoms with Gasteiger partial charge in [0.05, 0.1) is 28.4 Å². The molecule has 140 valence electrons. The van der Waals surface area contributed by atoms with Gasteiger partial charge in [0.2, 0.25) is 0 Å². The molecular weight excluding hydrogens is 373 g/mol. The molecule has 0 aliphatic carbocycles. The van der Waals surface area contributed by atoms with Crippen LogP contribution in [0.15, 0.2) is 0 Å². The lowest BCUT2D eigenvalue weighted by Crippen LogP contribution is -2.37. The number of hydrogen-bond donors (Lipinski definition) is 2. The van der Waals surface area contributed by atoms with Crippen LogP contribution in [0.25, 0.3) is 0 Å². The average Bonchev–Trinajstić information content (AvgIpc) is 2.87. The van der Waals surface area contributed by atoms with E-state index in [9.17, 15) is 23.2 Å². The van der Waals surface area contributed by atoms with Crippen LogP contribution in [-0.4, -0.2) is 35.2 Å². The molecule has 2 N–H and O–H groups in total. The smallest absolute Gasteiger partial charge is 0.434 e. The molecule has 2 atom stereocenters. The molecule has 2 aliphatic heterocycles. The topological polar surface area (TPSA) is 89.3 Å². The number of aromatic nitrogens is 1. The second kappa shape index (κ2) is 6.50. The van der Waals surface area contributed by atoms with E-state index in [1.165, 1.54) is 0 Å². The van der Waals surface area contributed by atoms with Crippen molar-refractivity contribution in [2.24, 2.45) is 5.92 Å². The molecule has 1 aromatic heterocycles. The molecule has 0 radical (unpaired) electrons. The van der Waals surface area contributed by atoms with Gasteiger partial charge >= 0.3 is 12.1 Å². The number of carboxylic acid groups (broad SMARTS) is 1. The fraction of sp³-hybridized carbons (Fsp3) is 0.562. The molecule has 3 heterocycles. The molecule has 0 spiro atoms. The van der Waals surface area contributed by atoms with Crippen molar-refractivity contribution in [3.63, 3.8) is 0 Å². The Morgan fingerprint density at radius 2 is 2.04 bits per heavy atom. The van der Waals surface area contributed by atoms with Gasteiger partial charge < -0.3 is 15.3 Å². The number of pyridine rings is 1. The van der Waals surface area contributed by atoms with Crippen molar-refractivity contribution in [2.75, 3.05) is 23.3 Å². The molecule has 0 amide bonds. The summed E-state index contributed by atoms with van der Waals surface area (Å²) in [6.45, 7) is 2.20. The summed E-state index contributed by atoms with van der Waals surface area (Å²) in [5.74, 6) is -1.46. The van der Waals surface area contributed by atoms with Crippen LogP contribution in [0.2, 0.25) is 0 Å². The number of carboxylic acids is 1. The maximum Gasteiger partial charge on any atom is 0.434 e. The third-order valence-electron chi connectivity index (χ3n) is 4.81. The van der Waals surface area contributed by atoms with E-state index in [2.05, 4.69) is 10.3 Å². The standard InChI is InChI=1S/C16H16ClF3N4O2/c1-7-10(17)11-12(22-7)13(9(6-21)14(23-11)16(18,19)20)24-4-2-8(3-5-24)15(25)26/h7-8,10,22H,2-5H2,1H3,(H,25,26). The van der Waals surface area contributed by atoms with E-state index >= 15 is 0 Å². The summed E-state index contributed by atoms with van der Waals surface area (Å²) in [5, 5.41) is 20.8. The van der Waals surface area contributed by atoms with Gasteiger partial charge in [-0.25, -0.2) is 4.98 Å². The summed E-state index contributed by atoms with van der Waals surface area (Å²) in [7, 11) is 0. The van der Waals surface area contributed by atoms with Gasteiger partial charge in [0, 0.05) is 19.1 Å². The van der Waals surface area contributed by atoms with E-state index in [-0.39, 0.29) is 30.5 Å². The number of anilines is 2. The van der Waals surface area contributed by atoms with Gasteiger partial charge in [0.1, 0.15) is 11.6 Å². The Morgan fingerprint density at radius 1 is 1.42 bits per heavy atom. The summed E-state index contributed by atoms with van der Waals surface area (Å²) in [5.41, 5.74) is -1.30. The van der Waals surface area contributed by atoms with Crippen LogP contribution in [0.5, 0.6) is 0 Å². The fourth-order valence-electron chi connectivity index (χ4n) is 3.45. The highest BCUT2D eigenvalue weighted by Gasteiger charge is 2.43. The monoisotopic (exact) mass is 388 g/mol. The lowest BCUT2D eigenvalue weighted by molar-refractivity contribution is -0.142. The molecule has 1 fully saturated rings. The molecule has 26 heavy (non-hydrogen) atoms. The van der Waals surface area contributed by atoms with E-state index in [1.54, 1.807) is 17.9 Å². The van der Waals surface area contributed by atoms with E-state index in [1.807, 2.05) is 0 Å². The van der Waals surface area contributed by atoms with Crippen molar-refractivity contribution in [1.29, 1.82) is 5.26 Å². The van der Waals surface area contributed by atoms with Crippen LogP contribution in [0.3, 0.4) is 0 Å². The number of halogens is 4. The predicted molar refractivity (Wildman–Crippen MR) is 88.2 cm³/mol. The number of piperidine rings is 1. The summed E-state index contributed by atoms with van der Waals surface area (Å²) in [6.07, 6.45) is -4.21. The second-order valence-corrected chi connectivity index (χ2v) is 6.96. The maximum atomic E-state index is 13.5. The Hall–Kier alpha value is -2.21. The van der Waals surface area contributed by atoms with Crippen molar-refractivity contribution >= 4 is 28.9 Å². The number of rotatable bonds is 2. The zero-order valence-corrected chi connectivity index (χ0v) is 14.5. The molecule has 2 aliphatic rings. The highest BCUT2D eigenvalue weighted by atomic mass is 35.5. The Labute approximate surface area is 152 Å². The Balaban J connectivity index is 2.12. The third-order valence-corrected chi connectivity index (χ3v) is 5.40. The van der Waals surface area contributed by atoms with E-state index in [4.69, 9.17) is 16.7 Å². The fourth-order valence-corrected chi connectivity index (χ4v) is 3.67. The van der Waals surface area contributed by atoms with Gasteiger partial charge in [0.15, 0.2) is 5.69 Å². The number of carbonyl (C=O) groups is 1. The quantitative estimate of drug-likeness (QED) is 0.755. The van der Waals surface area contributed by atoms with Crippen molar-refractivity contribution in [2.45, 2.75) is 37.4 Å². The van der Waals surface area contributed by atoms with Crippen molar-refractivity contribution in [1.82, 2.24) is 4.98 Å². The van der Waals surface area contributed by atoms with Gasteiger partial charge in [0.25, 0.3) is 0 Å². The molecule has 1 saturated heterocycles. The number of nitrogens with one attached hydrogen (secondary N) is 1. The van der Waals surface area contributed by atoms with Gasteiger partial charge in [-0.1, -0.05) is 0 Å². The molecule has 1 aromatic rings. The van der Waals surface area contributed by atoms with Crippen LogP contribution in [0.4, 0.5) is 24.5 Å². The van der Waals surface area contributed by atoms with Crippen LogP contribution in [0.1, 0.15) is 42.1 Å². The summed E-state index contributed by atoms with van der Waals surface area (Å²) < 4.78 is 40.4. The first kappa shape index (κ1) is 18.6. The largest absolute Gasteiger partial charge is 0.481 e. The van der Waals surface area contributed by atoms with Crippen LogP contribution in [-0.2, 0) is 11.0 Å². The number of nitriles is 1. The molecule has 0 saturated carbocycles. The summed E-state index contributed by atoms with van der Waals surface area (Å²) >= 11 is 6.21. The SMILES string of the molecule is CC1Nc2c(nc(C(F)(F)F)c(C#N)c2N2CCC(C(=O)O)CC2)C1Cl. The minimum atomic E-state index is -4.79. The van der Waals surface area contributed by atoms with E-state index in [0.717, 1.165) is 0 Å². The minimum absolute atomic E-state index is 0.0702. The number of alkyl halides is 4. The summed E-state index contributed by atoms with van der Waals surface area (Å²) in [4.78, 5) is 16.4. The number of nitrogens with zero attached hydrogens (tertiary/aromatic N) is 3. The van der Waals surface area contributed by atoms with E-state index in [0.29, 0.717) is 18.5 Å². The molecular formula is C16H16ClF3N4O2. The Morgan fingerprint density at radius 3 is 2.54 bits per heavy atom. The van der Waals surface area contributed by atoms with E-state index < -0.39 is 34.7 Å². The lowest BCUT2D eigenvalue weighted by atomic mass is 9.95. The minimum Gasteiger partial charge on any atom is -0.481 e. The first-order chi connectivity index (χ1) is 12.1. The third kappa shape index (κ3) is 3.03. The van der Waals surface area contributed by atoms with Gasteiger partial charge in [-0.2, -0.15) is 18.4 Å². The molecule has 0 aromatic carbocycles. The number of aliphatic carboxylic acids is 1. The first-order valence-electron chi connectivity index (χ1n) is 8.08. The normalized spacial score (nSPS) is 23.3. The molecule has 6 nitrogen and oxygen atoms in total. The zero-order valence-electron chi connectivity index (χ0n) is 13.8. The maximum absolute atomic E-state index is 13.5. The second-order valence-electron chi connectivity index (χ2n) is 6.49. The molecule has 3 rings (SSSR count). The van der Waals surface area contributed by atoms with Crippen LogP contribution >= 0.6 is 11.6 Å². The van der Waals surface area contributed by atoms with Crippen LogP contribution < -0.4 is 10.2 Å². The zero-order chi connectivity index (χ0) is 19.2. The van der Waals surface area contributed by atoms with Gasteiger partial charge in [-0.05, 0) is 19.8 Å². The molecule has 2 unspecified atom stereocenters. The predicted octanol–water partition coefficient (Wildman–Crippen LogP) is 3.37. The van der Waals surface area contributed by atoms with Crippen molar-refractivity contribution < 1.29 is 23.1 Å². The van der Waals surface area contributed by atoms with Gasteiger partial charge in [-0.15, -0.1) is 11.6 Å². The Kier molecular flexibility index (Phi) is 4.65. The average molecular weight is 389 g/mol. The van der Waals surface area contributed by atoms with Crippen molar-refractivity contribution in [3.05, 3.63) is 17.0 Å². The van der Waals surface area contributed by atoms with Gasteiger partial charge in [-0.3, -0.25) is 4.79 Å². The van der Waals surface area contributed by atoms with Crippen LogP contribution in [0, 0.1) is 17.2 Å². The first-order valence-corrected chi connectivity index (χ1v) is 8.52. The number of fused-ring (bicyclic) bond motifs is 1. The molecule has 0 bridgehead atoms. The lowest BCUT2D eigenvalue weighted by Gasteiger charge is -2.34. The highest BCUT2D eigenvalue weighted by Crippen LogP contribution is 2.48. The number of hydrogen-bond acceptors (Lipinski definition) is 5. The van der Waals surface area contributed by atoms with Crippen molar-refractivity contribution in [3.8, 4) is 6.07 Å². The highest BCUT2D eigenvalue weighted by molar-refractivity contribution is 6.22. The molecule has 10 heteroatoms.